The molecule has 4 nitrogen and oxygen atoms in total. The number of rotatable bonds is 8. The molecule has 5 rings (SSSR count). The summed E-state index contributed by atoms with van der Waals surface area (Å²) in [5, 5.41) is 1.61. The van der Waals surface area contributed by atoms with Crippen molar-refractivity contribution in [2.24, 2.45) is 0 Å². The molecule has 1 unspecified atom stereocenters. The van der Waals surface area contributed by atoms with Gasteiger partial charge in [-0.15, -0.1) is 0 Å². The highest BCUT2D eigenvalue weighted by molar-refractivity contribution is 6.30. The maximum atomic E-state index is 14.0. The molecule has 1 aromatic heterocycles. The molecule has 1 amide bonds. The summed E-state index contributed by atoms with van der Waals surface area (Å²) in [4.78, 5) is 15.8. The predicted octanol–water partition coefficient (Wildman–Crippen LogP) is 8.17. The van der Waals surface area contributed by atoms with E-state index in [2.05, 4.69) is 10.6 Å². The lowest BCUT2D eigenvalue weighted by Crippen LogP contribution is -2.37. The average Bonchev–Trinajstić information content (AvgIpc) is 3.32. The van der Waals surface area contributed by atoms with Crippen LogP contribution in [0.4, 0.5) is 4.39 Å². The van der Waals surface area contributed by atoms with Crippen molar-refractivity contribution in [1.82, 2.24) is 9.47 Å². The summed E-state index contributed by atoms with van der Waals surface area (Å²) in [6.45, 7) is 4.33. The molecule has 0 saturated heterocycles. The normalized spacial score (nSPS) is 11.9. The van der Waals surface area contributed by atoms with Crippen molar-refractivity contribution < 1.29 is 13.9 Å². The van der Waals surface area contributed by atoms with Crippen LogP contribution in [0.3, 0.4) is 0 Å². The van der Waals surface area contributed by atoms with Crippen LogP contribution in [0.5, 0.6) is 5.75 Å². The lowest BCUT2D eigenvalue weighted by molar-refractivity contribution is 0.0733. The van der Waals surface area contributed by atoms with E-state index < -0.39 is 0 Å². The summed E-state index contributed by atoms with van der Waals surface area (Å²) in [5.41, 5.74) is 6.15. The number of fused-ring (bicyclic) bond motifs is 1. The molecule has 40 heavy (non-hydrogen) atoms. The fourth-order valence-corrected chi connectivity index (χ4v) is 5.23. The molecular formula is C34H32ClFN2O2. The number of methoxy groups -OCH3 is 1. The molecule has 0 bridgehead atoms. The van der Waals surface area contributed by atoms with Crippen molar-refractivity contribution in [3.63, 3.8) is 0 Å². The molecule has 0 fully saturated rings. The van der Waals surface area contributed by atoms with Gasteiger partial charge in [0.2, 0.25) is 0 Å². The van der Waals surface area contributed by atoms with Gasteiger partial charge in [-0.05, 0) is 96.6 Å². The van der Waals surface area contributed by atoms with Gasteiger partial charge in [-0.25, -0.2) is 4.39 Å². The fraction of sp³-hybridized carbons (Fsp3) is 0.206. The van der Waals surface area contributed by atoms with E-state index in [0.29, 0.717) is 29.2 Å². The van der Waals surface area contributed by atoms with Gasteiger partial charge in [0.25, 0.3) is 5.91 Å². The van der Waals surface area contributed by atoms with Crippen LogP contribution in [-0.4, -0.2) is 35.6 Å². The molecule has 6 heteroatoms. The number of para-hydroxylation sites is 1. The molecule has 0 radical (unpaired) electrons. The number of halogens is 2. The first-order valence-electron chi connectivity index (χ1n) is 13.3. The number of benzene rings is 4. The number of hydrogen-bond donors (Lipinski definition) is 0. The van der Waals surface area contributed by atoms with E-state index in [-0.39, 0.29) is 17.8 Å². The maximum Gasteiger partial charge on any atom is 0.270 e. The Labute approximate surface area is 239 Å². The molecule has 4 aromatic carbocycles. The highest BCUT2D eigenvalue weighted by Crippen LogP contribution is 2.30. The molecule has 0 spiro atoms. The fourth-order valence-electron chi connectivity index (χ4n) is 5.10. The number of aromatic nitrogens is 1. The Balaban J connectivity index is 1.53. The van der Waals surface area contributed by atoms with Crippen molar-refractivity contribution in [1.29, 1.82) is 0 Å². The molecule has 5 aromatic rings. The largest absolute Gasteiger partial charge is 0.496 e. The van der Waals surface area contributed by atoms with E-state index in [1.165, 1.54) is 6.07 Å². The average molecular weight is 555 g/mol. The zero-order valence-corrected chi connectivity index (χ0v) is 23.9. The summed E-state index contributed by atoms with van der Waals surface area (Å²) in [7, 11) is 3.51. The van der Waals surface area contributed by atoms with E-state index in [4.69, 9.17) is 16.3 Å². The quantitative estimate of drug-likeness (QED) is 0.194. The Morgan fingerprint density at radius 1 is 0.975 bits per heavy atom. The standard InChI is InChI=1S/C34H32ClFN2O2/c1-22-17-25(11-15-30(22)36)26-12-16-31-28(19-26)20-32(38(31)21-24-9-13-29(35)14-10-24)34(39)37(3)23(2)18-27-7-5-6-8-33(27)40-4/h5-17,19-20,23H,18,21H2,1-4H3. The monoisotopic (exact) mass is 554 g/mol. The second kappa shape index (κ2) is 11.6. The minimum absolute atomic E-state index is 0.0632. The lowest BCUT2D eigenvalue weighted by atomic mass is 10.0. The number of hydrogen-bond acceptors (Lipinski definition) is 2. The zero-order valence-electron chi connectivity index (χ0n) is 23.1. The predicted molar refractivity (Wildman–Crippen MR) is 161 cm³/mol. The smallest absolute Gasteiger partial charge is 0.270 e. The third-order valence-electron chi connectivity index (χ3n) is 7.56. The number of carbonyl (C=O) groups is 1. The van der Waals surface area contributed by atoms with E-state index in [9.17, 15) is 9.18 Å². The number of carbonyl (C=O) groups excluding carboxylic acids is 1. The Bertz CT molecular complexity index is 1680. The molecule has 1 atom stereocenters. The number of amides is 1. The van der Waals surface area contributed by atoms with Crippen LogP contribution in [0, 0.1) is 12.7 Å². The van der Waals surface area contributed by atoms with Crippen molar-refractivity contribution >= 4 is 28.4 Å². The molecule has 0 aliphatic carbocycles. The van der Waals surface area contributed by atoms with Gasteiger partial charge in [-0.1, -0.05) is 54.1 Å². The van der Waals surface area contributed by atoms with E-state index >= 15 is 0 Å². The van der Waals surface area contributed by atoms with E-state index in [1.54, 1.807) is 25.0 Å². The van der Waals surface area contributed by atoms with Crippen LogP contribution in [-0.2, 0) is 13.0 Å². The highest BCUT2D eigenvalue weighted by atomic mass is 35.5. The number of nitrogens with zero attached hydrogens (tertiary/aromatic N) is 2. The van der Waals surface area contributed by atoms with Gasteiger partial charge in [0.15, 0.2) is 0 Å². The first kappa shape index (κ1) is 27.5. The van der Waals surface area contributed by atoms with Crippen LogP contribution in [0.2, 0.25) is 5.02 Å². The van der Waals surface area contributed by atoms with Crippen LogP contribution in [0.25, 0.3) is 22.0 Å². The van der Waals surface area contributed by atoms with Crippen LogP contribution >= 0.6 is 11.6 Å². The first-order valence-corrected chi connectivity index (χ1v) is 13.7. The summed E-state index contributed by atoms with van der Waals surface area (Å²) in [5.74, 6) is 0.527. The Hall–Kier alpha value is -4.09. The Morgan fingerprint density at radius 3 is 2.40 bits per heavy atom. The van der Waals surface area contributed by atoms with Crippen molar-refractivity contribution in [2.75, 3.05) is 14.2 Å². The molecule has 0 aliphatic heterocycles. The number of aryl methyl sites for hydroxylation is 1. The second-order valence-corrected chi connectivity index (χ2v) is 10.7. The zero-order chi connectivity index (χ0) is 28.4. The van der Waals surface area contributed by atoms with Crippen molar-refractivity contribution in [3.8, 4) is 16.9 Å². The van der Waals surface area contributed by atoms with Crippen molar-refractivity contribution in [3.05, 3.63) is 124 Å². The molecule has 204 valence electrons. The van der Waals surface area contributed by atoms with Gasteiger partial charge in [-0.3, -0.25) is 4.79 Å². The number of ether oxygens (including phenoxy) is 1. The summed E-state index contributed by atoms with van der Waals surface area (Å²) in [6, 6.07) is 28.7. The minimum Gasteiger partial charge on any atom is -0.496 e. The Morgan fingerprint density at radius 2 is 1.68 bits per heavy atom. The van der Waals surface area contributed by atoms with E-state index in [1.807, 2.05) is 86.8 Å². The summed E-state index contributed by atoms with van der Waals surface area (Å²) < 4.78 is 21.5. The van der Waals surface area contributed by atoms with Gasteiger partial charge in [0.05, 0.1) is 7.11 Å². The van der Waals surface area contributed by atoms with Gasteiger partial charge >= 0.3 is 0 Å². The van der Waals surface area contributed by atoms with Gasteiger partial charge in [0, 0.05) is 35.6 Å². The van der Waals surface area contributed by atoms with Crippen molar-refractivity contribution in [2.45, 2.75) is 32.9 Å². The van der Waals surface area contributed by atoms with Gasteiger partial charge < -0.3 is 14.2 Å². The second-order valence-electron chi connectivity index (χ2n) is 10.3. The van der Waals surface area contributed by atoms with Crippen LogP contribution in [0.15, 0.2) is 91.0 Å². The third-order valence-corrected chi connectivity index (χ3v) is 7.81. The molecule has 0 N–H and O–H groups in total. The molecule has 0 saturated carbocycles. The molecular weight excluding hydrogens is 523 g/mol. The maximum absolute atomic E-state index is 14.0. The first-order chi connectivity index (χ1) is 19.2. The van der Waals surface area contributed by atoms with Gasteiger partial charge in [0.1, 0.15) is 17.3 Å². The topological polar surface area (TPSA) is 34.5 Å². The third kappa shape index (κ3) is 5.61. The highest BCUT2D eigenvalue weighted by Gasteiger charge is 2.24. The van der Waals surface area contributed by atoms with Gasteiger partial charge in [-0.2, -0.15) is 0 Å². The molecule has 0 aliphatic rings. The van der Waals surface area contributed by atoms with Crippen LogP contribution in [0.1, 0.15) is 34.1 Å². The lowest BCUT2D eigenvalue weighted by Gasteiger charge is -2.26. The minimum atomic E-state index is -0.225. The summed E-state index contributed by atoms with van der Waals surface area (Å²) in [6.07, 6.45) is 0.664. The van der Waals surface area contributed by atoms with E-state index in [0.717, 1.165) is 38.9 Å². The molecule has 1 heterocycles. The Kier molecular flexibility index (Phi) is 7.95. The summed E-state index contributed by atoms with van der Waals surface area (Å²) >= 11 is 6.13. The SMILES string of the molecule is COc1ccccc1CC(C)N(C)C(=O)c1cc2cc(-c3ccc(F)c(C)c3)ccc2n1Cc1ccc(Cl)cc1. The number of likely N-dealkylation sites (N-methyl/N-ethyl adjacent to an activating group) is 1. The van der Waals surface area contributed by atoms with Crippen LogP contribution < -0.4 is 4.74 Å².